The highest BCUT2D eigenvalue weighted by molar-refractivity contribution is 6.50. The zero-order valence-corrected chi connectivity index (χ0v) is 7.98. The highest BCUT2D eigenvalue weighted by atomic mass is 19.5. The zero-order valence-electron chi connectivity index (χ0n) is 7.98. The SMILES string of the molecule is CC(C)c1[c]cccc1.F[B-](F)(F)F. The highest BCUT2D eigenvalue weighted by Gasteiger charge is 2.20. The molecule has 0 saturated heterocycles. The van der Waals surface area contributed by atoms with E-state index >= 15 is 0 Å². The molecule has 0 bridgehead atoms. The number of benzene rings is 1. The molecule has 0 nitrogen and oxygen atoms in total. The first kappa shape index (κ1) is 13.0. The van der Waals surface area contributed by atoms with Crippen molar-refractivity contribution >= 4 is 7.25 Å². The molecule has 0 N–H and O–H groups in total. The second-order valence-corrected chi connectivity index (χ2v) is 2.97. The van der Waals surface area contributed by atoms with E-state index in [-0.39, 0.29) is 0 Å². The maximum atomic E-state index is 9.75. The summed E-state index contributed by atoms with van der Waals surface area (Å²) < 4.78 is 39.0. The van der Waals surface area contributed by atoms with Gasteiger partial charge in [-0.3, -0.25) is 0 Å². The van der Waals surface area contributed by atoms with E-state index in [4.69, 9.17) is 0 Å². The minimum Gasteiger partial charge on any atom is -0.418 e. The first-order valence-electron chi connectivity index (χ1n) is 4.14. The van der Waals surface area contributed by atoms with E-state index in [1.54, 1.807) is 0 Å². The predicted molar refractivity (Wildman–Crippen MR) is 49.6 cm³/mol. The lowest BCUT2D eigenvalue weighted by atomic mass is 10.0. The number of hydrogen-bond acceptors (Lipinski definition) is 0. The molecular formula is C9H11BF4-. The fourth-order valence-corrected chi connectivity index (χ4v) is 0.766. The van der Waals surface area contributed by atoms with Crippen molar-refractivity contribution in [2.24, 2.45) is 0 Å². The van der Waals surface area contributed by atoms with Crippen LogP contribution in [0.25, 0.3) is 0 Å². The average molecular weight is 206 g/mol. The Bertz CT molecular complexity index is 237. The third-order valence-electron chi connectivity index (χ3n) is 1.36. The van der Waals surface area contributed by atoms with Crippen molar-refractivity contribution in [3.63, 3.8) is 0 Å². The molecule has 79 valence electrons. The molecule has 1 radical (unpaired) electrons. The lowest BCUT2D eigenvalue weighted by molar-refractivity contribution is 0.368. The Labute approximate surface area is 81.0 Å². The minimum absolute atomic E-state index is 0.603. The lowest BCUT2D eigenvalue weighted by Gasteiger charge is -2.01. The fraction of sp³-hybridized carbons (Fsp3) is 0.333. The van der Waals surface area contributed by atoms with Crippen LogP contribution in [0.4, 0.5) is 17.3 Å². The van der Waals surface area contributed by atoms with Crippen LogP contribution in [0, 0.1) is 6.07 Å². The molecule has 0 atom stereocenters. The van der Waals surface area contributed by atoms with Gasteiger partial charge in [0.2, 0.25) is 0 Å². The van der Waals surface area contributed by atoms with Gasteiger partial charge in [0, 0.05) is 0 Å². The van der Waals surface area contributed by atoms with Crippen molar-refractivity contribution in [2.45, 2.75) is 19.8 Å². The zero-order chi connectivity index (χ0) is 11.2. The van der Waals surface area contributed by atoms with Crippen molar-refractivity contribution in [3.8, 4) is 0 Å². The van der Waals surface area contributed by atoms with Gasteiger partial charge in [-0.25, -0.2) is 0 Å². The summed E-state index contributed by atoms with van der Waals surface area (Å²) in [6, 6.07) is 11.3. The summed E-state index contributed by atoms with van der Waals surface area (Å²) in [7, 11) is -6.00. The van der Waals surface area contributed by atoms with Crippen molar-refractivity contribution in [2.75, 3.05) is 0 Å². The van der Waals surface area contributed by atoms with Gasteiger partial charge in [-0.05, 0) is 17.5 Å². The van der Waals surface area contributed by atoms with Crippen LogP contribution in [0.5, 0.6) is 0 Å². The molecule has 0 amide bonds. The number of rotatable bonds is 1. The smallest absolute Gasteiger partial charge is 0.418 e. The standard InChI is InChI=1S/C9H11.BF4/c1-8(2)9-6-4-3-5-7-9;2-1(3,4)5/h3-6,8H,1-2H3;/q;-1. The van der Waals surface area contributed by atoms with Crippen LogP contribution in [-0.4, -0.2) is 7.25 Å². The Balaban J connectivity index is 0.000000292. The van der Waals surface area contributed by atoms with Crippen molar-refractivity contribution < 1.29 is 17.3 Å². The first-order chi connectivity index (χ1) is 6.30. The van der Waals surface area contributed by atoms with E-state index in [2.05, 4.69) is 26.0 Å². The Hall–Kier alpha value is -0.995. The van der Waals surface area contributed by atoms with Gasteiger partial charge >= 0.3 is 7.25 Å². The quantitative estimate of drug-likeness (QED) is 0.482. The van der Waals surface area contributed by atoms with E-state index in [0.29, 0.717) is 5.92 Å². The van der Waals surface area contributed by atoms with Crippen molar-refractivity contribution in [1.82, 2.24) is 0 Å². The maximum absolute atomic E-state index is 9.75. The third-order valence-corrected chi connectivity index (χ3v) is 1.36. The van der Waals surface area contributed by atoms with Gasteiger partial charge in [-0.1, -0.05) is 38.1 Å². The van der Waals surface area contributed by atoms with Crippen molar-refractivity contribution in [1.29, 1.82) is 0 Å². The molecule has 0 aliphatic heterocycles. The Kier molecular flexibility index (Phi) is 5.27. The summed E-state index contributed by atoms with van der Waals surface area (Å²) in [6.45, 7) is 4.34. The van der Waals surface area contributed by atoms with Crippen LogP contribution >= 0.6 is 0 Å². The summed E-state index contributed by atoms with van der Waals surface area (Å²) >= 11 is 0. The van der Waals surface area contributed by atoms with Crippen molar-refractivity contribution in [3.05, 3.63) is 35.9 Å². The Morgan fingerprint density at radius 2 is 1.64 bits per heavy atom. The molecule has 1 aromatic rings. The minimum atomic E-state index is -6.00. The molecule has 14 heavy (non-hydrogen) atoms. The van der Waals surface area contributed by atoms with E-state index in [1.807, 2.05) is 18.2 Å². The number of hydrogen-bond donors (Lipinski definition) is 0. The largest absolute Gasteiger partial charge is 0.673 e. The summed E-state index contributed by atoms with van der Waals surface area (Å²) in [5.74, 6) is 0.603. The van der Waals surface area contributed by atoms with Crippen LogP contribution in [0.1, 0.15) is 25.3 Å². The third kappa shape index (κ3) is 9.10. The van der Waals surface area contributed by atoms with Gasteiger partial charge in [-0.15, -0.1) is 0 Å². The van der Waals surface area contributed by atoms with E-state index in [1.165, 1.54) is 5.56 Å². The van der Waals surface area contributed by atoms with E-state index < -0.39 is 7.25 Å². The number of halogens is 4. The molecule has 0 heterocycles. The highest BCUT2D eigenvalue weighted by Crippen LogP contribution is 2.11. The molecule has 0 aromatic heterocycles. The molecule has 0 spiro atoms. The van der Waals surface area contributed by atoms with Gasteiger partial charge in [0.25, 0.3) is 0 Å². The molecule has 0 fully saturated rings. The normalized spacial score (nSPS) is 10.8. The summed E-state index contributed by atoms with van der Waals surface area (Å²) in [4.78, 5) is 0. The topological polar surface area (TPSA) is 0 Å². The monoisotopic (exact) mass is 206 g/mol. The van der Waals surface area contributed by atoms with E-state index in [9.17, 15) is 17.3 Å². The van der Waals surface area contributed by atoms with Gasteiger partial charge in [0.05, 0.1) is 0 Å². The second-order valence-electron chi connectivity index (χ2n) is 2.97. The molecule has 0 unspecified atom stereocenters. The molecule has 1 rings (SSSR count). The molecule has 5 heteroatoms. The fourth-order valence-electron chi connectivity index (χ4n) is 0.766. The molecule has 0 aliphatic rings. The summed E-state index contributed by atoms with van der Waals surface area (Å²) in [5.41, 5.74) is 1.29. The molecule has 1 aromatic carbocycles. The summed E-state index contributed by atoms with van der Waals surface area (Å²) in [6.07, 6.45) is 0. The second kappa shape index (κ2) is 5.68. The molecular weight excluding hydrogens is 195 g/mol. The molecule has 0 aliphatic carbocycles. The van der Waals surface area contributed by atoms with Gasteiger partial charge in [-0.2, -0.15) is 0 Å². The first-order valence-corrected chi connectivity index (χ1v) is 4.14. The molecule has 0 saturated carbocycles. The Morgan fingerprint density at radius 1 is 1.14 bits per heavy atom. The summed E-state index contributed by atoms with van der Waals surface area (Å²) in [5, 5.41) is 0. The van der Waals surface area contributed by atoms with Crippen LogP contribution in [0.15, 0.2) is 24.3 Å². The van der Waals surface area contributed by atoms with Crippen LogP contribution in [-0.2, 0) is 0 Å². The van der Waals surface area contributed by atoms with Gasteiger partial charge in [0.1, 0.15) is 0 Å². The van der Waals surface area contributed by atoms with Crippen LogP contribution < -0.4 is 0 Å². The average Bonchev–Trinajstić information content (AvgIpc) is 2.03. The Morgan fingerprint density at radius 3 is 1.86 bits per heavy atom. The predicted octanol–water partition coefficient (Wildman–Crippen LogP) is 3.91. The maximum Gasteiger partial charge on any atom is 0.673 e. The lowest BCUT2D eigenvalue weighted by Crippen LogP contribution is -2.02. The van der Waals surface area contributed by atoms with Gasteiger partial charge in [0.15, 0.2) is 0 Å². The van der Waals surface area contributed by atoms with Gasteiger partial charge < -0.3 is 17.3 Å². The van der Waals surface area contributed by atoms with Crippen LogP contribution in [0.2, 0.25) is 0 Å². The van der Waals surface area contributed by atoms with Crippen LogP contribution in [0.3, 0.4) is 0 Å². The van der Waals surface area contributed by atoms with E-state index in [0.717, 1.165) is 0 Å².